The maximum absolute atomic E-state index is 11.2. The van der Waals surface area contributed by atoms with Crippen LogP contribution in [0.15, 0.2) is 23.8 Å². The molecule has 1 aromatic rings. The number of nitrogens with zero attached hydrogens (tertiary/aromatic N) is 1. The van der Waals surface area contributed by atoms with Crippen molar-refractivity contribution < 1.29 is 22.5 Å². The van der Waals surface area contributed by atoms with Crippen LogP contribution >= 0.6 is 0 Å². The summed E-state index contributed by atoms with van der Waals surface area (Å²) in [6.45, 7) is 1.24. The van der Waals surface area contributed by atoms with Gasteiger partial charge in [0, 0.05) is 7.05 Å². The molecular formula is C12H12N2O5S. The van der Waals surface area contributed by atoms with Crippen LogP contribution < -0.4 is 8.91 Å². The second-order valence-corrected chi connectivity index (χ2v) is 5.18. The summed E-state index contributed by atoms with van der Waals surface area (Å²) in [5.41, 5.74) is 0.282. The van der Waals surface area contributed by atoms with Crippen molar-refractivity contribution in [3.05, 3.63) is 29.3 Å². The van der Waals surface area contributed by atoms with Gasteiger partial charge in [-0.05, 0) is 30.7 Å². The first-order chi connectivity index (χ1) is 9.29. The van der Waals surface area contributed by atoms with E-state index in [1.807, 2.05) is 4.72 Å². The summed E-state index contributed by atoms with van der Waals surface area (Å²) in [6.07, 6.45) is 1.28. The molecule has 0 amide bonds. The molecular weight excluding hydrogens is 284 g/mol. The van der Waals surface area contributed by atoms with Gasteiger partial charge in [0.25, 0.3) is 0 Å². The van der Waals surface area contributed by atoms with Crippen LogP contribution in [0.25, 0.3) is 6.08 Å². The number of ketones is 1. The van der Waals surface area contributed by atoms with E-state index in [1.54, 1.807) is 6.07 Å². The Balaban J connectivity index is 3.12. The van der Waals surface area contributed by atoms with Crippen LogP contribution in [-0.4, -0.2) is 26.4 Å². The van der Waals surface area contributed by atoms with Gasteiger partial charge in [0.05, 0.1) is 5.57 Å². The number of hydrogen-bond acceptors (Lipinski definition) is 6. The highest BCUT2D eigenvalue weighted by atomic mass is 32.2. The van der Waals surface area contributed by atoms with Crippen LogP contribution in [0.4, 0.5) is 0 Å². The Morgan fingerprint density at radius 3 is 2.60 bits per heavy atom. The Morgan fingerprint density at radius 1 is 1.50 bits per heavy atom. The Kier molecular flexibility index (Phi) is 4.85. The molecule has 0 unspecified atom stereocenters. The summed E-state index contributed by atoms with van der Waals surface area (Å²) in [5, 5.41) is 18.4. The Hall–Kier alpha value is -2.37. The normalized spacial score (nSPS) is 11.8. The van der Waals surface area contributed by atoms with Crippen LogP contribution in [0.5, 0.6) is 11.5 Å². The molecule has 0 aliphatic carbocycles. The van der Waals surface area contributed by atoms with Crippen LogP contribution in [0.3, 0.4) is 0 Å². The van der Waals surface area contributed by atoms with Crippen molar-refractivity contribution in [1.29, 1.82) is 5.26 Å². The van der Waals surface area contributed by atoms with Gasteiger partial charge in [-0.25, -0.2) is 0 Å². The van der Waals surface area contributed by atoms with Gasteiger partial charge in [-0.2, -0.15) is 18.4 Å². The average Bonchev–Trinajstić information content (AvgIpc) is 2.38. The maximum Gasteiger partial charge on any atom is 0.382 e. The molecule has 0 radical (unpaired) electrons. The van der Waals surface area contributed by atoms with E-state index in [9.17, 15) is 18.3 Å². The monoisotopic (exact) mass is 296 g/mol. The minimum Gasteiger partial charge on any atom is -0.504 e. The first-order valence-corrected chi connectivity index (χ1v) is 6.78. The minimum absolute atomic E-state index is 0.0825. The molecule has 2 N–H and O–H groups in total. The van der Waals surface area contributed by atoms with E-state index in [4.69, 9.17) is 5.26 Å². The second kappa shape index (κ2) is 6.18. The van der Waals surface area contributed by atoms with E-state index in [2.05, 4.69) is 4.18 Å². The van der Waals surface area contributed by atoms with Gasteiger partial charge >= 0.3 is 10.3 Å². The predicted octanol–water partition coefficient (Wildman–Crippen LogP) is 0.731. The Bertz CT molecular complexity index is 701. The van der Waals surface area contributed by atoms with Crippen molar-refractivity contribution in [3.8, 4) is 17.6 Å². The summed E-state index contributed by atoms with van der Waals surface area (Å²) in [5.74, 6) is -1.11. The van der Waals surface area contributed by atoms with Crippen molar-refractivity contribution >= 4 is 22.2 Å². The molecule has 20 heavy (non-hydrogen) atoms. The van der Waals surface area contributed by atoms with Gasteiger partial charge in [-0.15, -0.1) is 0 Å². The second-order valence-electron chi connectivity index (χ2n) is 3.69. The fraction of sp³-hybridized carbons (Fsp3) is 0.167. The topological polar surface area (TPSA) is 116 Å². The van der Waals surface area contributed by atoms with Crippen molar-refractivity contribution in [2.24, 2.45) is 0 Å². The highest BCUT2D eigenvalue weighted by molar-refractivity contribution is 7.85. The molecule has 0 heterocycles. The lowest BCUT2D eigenvalue weighted by atomic mass is 10.1. The first kappa shape index (κ1) is 15.7. The lowest BCUT2D eigenvalue weighted by Gasteiger charge is -2.07. The van der Waals surface area contributed by atoms with Crippen LogP contribution in [0, 0.1) is 11.3 Å². The van der Waals surface area contributed by atoms with Gasteiger partial charge in [0.1, 0.15) is 6.07 Å². The summed E-state index contributed by atoms with van der Waals surface area (Å²) < 4.78 is 28.9. The quantitative estimate of drug-likeness (QED) is 0.611. The lowest BCUT2D eigenvalue weighted by molar-refractivity contribution is -0.113. The van der Waals surface area contributed by atoms with E-state index in [1.165, 1.54) is 31.2 Å². The fourth-order valence-electron chi connectivity index (χ4n) is 1.23. The van der Waals surface area contributed by atoms with Gasteiger partial charge in [0.15, 0.2) is 17.3 Å². The number of nitrogens with one attached hydrogen (secondary N) is 1. The number of benzene rings is 1. The molecule has 0 fully saturated rings. The fourth-order valence-corrected chi connectivity index (χ4v) is 1.69. The largest absolute Gasteiger partial charge is 0.504 e. The third-order valence-electron chi connectivity index (χ3n) is 2.24. The molecule has 106 valence electrons. The number of carbonyl (C=O) groups is 1. The van der Waals surface area contributed by atoms with Gasteiger partial charge in [-0.1, -0.05) is 6.07 Å². The molecule has 0 atom stereocenters. The molecule has 0 saturated carbocycles. The number of rotatable bonds is 5. The molecule has 0 bridgehead atoms. The standard InChI is InChI=1S/C12H12N2O5S/c1-8(15)10(7-13)5-9-3-4-12(11(16)6-9)19-20(17,18)14-2/h3-6,14,16H,1-2H3/b10-5-. The van der Waals surface area contributed by atoms with E-state index >= 15 is 0 Å². The Labute approximate surface area is 116 Å². The number of phenols is 1. The molecule has 0 aliphatic rings. The highest BCUT2D eigenvalue weighted by Gasteiger charge is 2.13. The zero-order valence-electron chi connectivity index (χ0n) is 10.7. The molecule has 1 aromatic carbocycles. The van der Waals surface area contributed by atoms with E-state index in [0.29, 0.717) is 5.56 Å². The number of hydrogen-bond donors (Lipinski definition) is 2. The number of nitriles is 1. The average molecular weight is 296 g/mol. The molecule has 7 nitrogen and oxygen atoms in total. The summed E-state index contributed by atoms with van der Waals surface area (Å²) in [7, 11) is -2.82. The molecule has 0 aromatic heterocycles. The number of phenolic OH excluding ortho intramolecular Hbond substituents is 1. The zero-order chi connectivity index (χ0) is 15.3. The van der Waals surface area contributed by atoms with Crippen LogP contribution in [0.2, 0.25) is 0 Å². The van der Waals surface area contributed by atoms with Gasteiger partial charge < -0.3 is 9.29 Å². The smallest absolute Gasteiger partial charge is 0.382 e. The third-order valence-corrected chi connectivity index (χ3v) is 3.14. The van der Waals surface area contributed by atoms with Crippen molar-refractivity contribution in [2.45, 2.75) is 6.92 Å². The van der Waals surface area contributed by atoms with Crippen LogP contribution in [0.1, 0.15) is 12.5 Å². The SMILES string of the molecule is CNS(=O)(=O)Oc1ccc(/C=C(/C#N)C(C)=O)cc1O. The van der Waals surface area contributed by atoms with E-state index in [0.717, 1.165) is 7.05 Å². The summed E-state index contributed by atoms with van der Waals surface area (Å²) in [4.78, 5) is 11.1. The van der Waals surface area contributed by atoms with Gasteiger partial charge in [-0.3, -0.25) is 4.79 Å². The molecule has 0 saturated heterocycles. The number of carbonyl (C=O) groups excluding carboxylic acids is 1. The summed E-state index contributed by atoms with van der Waals surface area (Å²) in [6, 6.07) is 5.52. The van der Waals surface area contributed by atoms with Crippen LogP contribution in [-0.2, 0) is 15.1 Å². The molecule has 0 aliphatic heterocycles. The highest BCUT2D eigenvalue weighted by Crippen LogP contribution is 2.28. The van der Waals surface area contributed by atoms with E-state index < -0.39 is 21.8 Å². The van der Waals surface area contributed by atoms with Gasteiger partial charge in [0.2, 0.25) is 0 Å². The Morgan fingerprint density at radius 2 is 2.15 bits per heavy atom. The summed E-state index contributed by atoms with van der Waals surface area (Å²) >= 11 is 0. The maximum atomic E-state index is 11.2. The van der Waals surface area contributed by atoms with Crippen molar-refractivity contribution in [2.75, 3.05) is 7.05 Å². The molecule has 0 spiro atoms. The van der Waals surface area contributed by atoms with Crippen molar-refractivity contribution in [3.63, 3.8) is 0 Å². The number of aromatic hydroxyl groups is 1. The van der Waals surface area contributed by atoms with Crippen molar-refractivity contribution in [1.82, 2.24) is 4.72 Å². The molecule has 8 heteroatoms. The number of allylic oxidation sites excluding steroid dienone is 1. The number of Topliss-reactive ketones (excluding diaryl/α,β-unsaturated/α-hetero) is 1. The molecule has 1 rings (SSSR count). The minimum atomic E-state index is -3.98. The zero-order valence-corrected chi connectivity index (χ0v) is 11.6. The predicted molar refractivity (Wildman–Crippen MR) is 71.0 cm³/mol. The van der Waals surface area contributed by atoms with E-state index in [-0.39, 0.29) is 11.3 Å². The lowest BCUT2D eigenvalue weighted by Crippen LogP contribution is -2.24. The first-order valence-electron chi connectivity index (χ1n) is 5.37. The third kappa shape index (κ3) is 4.08.